The van der Waals surface area contributed by atoms with Gasteiger partial charge in [0.25, 0.3) is 0 Å². The van der Waals surface area contributed by atoms with E-state index in [0.29, 0.717) is 12.0 Å². The van der Waals surface area contributed by atoms with Crippen molar-refractivity contribution in [1.29, 1.82) is 0 Å². The summed E-state index contributed by atoms with van der Waals surface area (Å²) in [5.74, 6) is 1.73. The highest BCUT2D eigenvalue weighted by Crippen LogP contribution is 2.27. The first-order chi connectivity index (χ1) is 10.2. The number of rotatable bonds is 4. The maximum Gasteiger partial charge on any atom is 0.121 e. The third kappa shape index (κ3) is 3.70. The zero-order chi connectivity index (χ0) is 14.7. The van der Waals surface area contributed by atoms with Gasteiger partial charge in [-0.2, -0.15) is 0 Å². The van der Waals surface area contributed by atoms with Crippen molar-refractivity contribution in [3.63, 3.8) is 0 Å². The molecule has 1 saturated heterocycles. The highest BCUT2D eigenvalue weighted by molar-refractivity contribution is 5.56. The first kappa shape index (κ1) is 14.7. The monoisotopic (exact) mass is 288 g/mol. The number of hydrogen-bond donors (Lipinski definition) is 1. The number of aryl methyl sites for hydroxylation is 1. The van der Waals surface area contributed by atoms with E-state index in [4.69, 9.17) is 4.74 Å². The predicted octanol–water partition coefficient (Wildman–Crippen LogP) is 3.54. The van der Waals surface area contributed by atoms with Gasteiger partial charge in [-0.1, -0.05) is 6.07 Å². The van der Waals surface area contributed by atoms with Crippen LogP contribution in [0.25, 0.3) is 0 Å². The minimum atomic E-state index is 0.679. The summed E-state index contributed by atoms with van der Waals surface area (Å²) in [7, 11) is 0. The van der Waals surface area contributed by atoms with Gasteiger partial charge in [-0.05, 0) is 70.2 Å². The molecule has 3 rings (SSSR count). The van der Waals surface area contributed by atoms with E-state index in [1.807, 2.05) is 0 Å². The minimum absolute atomic E-state index is 0.679. The molecule has 0 spiro atoms. The third-order valence-electron chi connectivity index (χ3n) is 4.88. The molecule has 0 aliphatic carbocycles. The van der Waals surface area contributed by atoms with Gasteiger partial charge in [-0.15, -0.1) is 0 Å². The lowest BCUT2D eigenvalue weighted by molar-refractivity contribution is 0.119. The average molecular weight is 288 g/mol. The Morgan fingerprint density at radius 1 is 1.29 bits per heavy atom. The molecule has 0 amide bonds. The summed E-state index contributed by atoms with van der Waals surface area (Å²) in [6.45, 7) is 8.97. The normalized spacial score (nSPS) is 20.1. The molecule has 21 heavy (non-hydrogen) atoms. The number of anilines is 1. The first-order valence-electron chi connectivity index (χ1n) is 8.46. The molecule has 2 aliphatic rings. The third-order valence-corrected chi connectivity index (χ3v) is 4.88. The van der Waals surface area contributed by atoms with Crippen LogP contribution in [0.1, 0.15) is 38.7 Å². The maximum absolute atomic E-state index is 6.05. The molecule has 0 unspecified atom stereocenters. The van der Waals surface area contributed by atoms with Crippen molar-refractivity contribution in [2.24, 2.45) is 5.92 Å². The predicted molar refractivity (Wildman–Crippen MR) is 88.2 cm³/mol. The topological polar surface area (TPSA) is 24.5 Å². The summed E-state index contributed by atoms with van der Waals surface area (Å²) in [6.07, 6.45) is 4.96. The van der Waals surface area contributed by atoms with Gasteiger partial charge in [0.15, 0.2) is 0 Å². The highest BCUT2D eigenvalue weighted by atomic mass is 16.5. The van der Waals surface area contributed by atoms with E-state index in [-0.39, 0.29) is 0 Å². The highest BCUT2D eigenvalue weighted by Gasteiger charge is 2.21. The molecule has 3 heteroatoms. The fraction of sp³-hybridized carbons (Fsp3) is 0.667. The molecule has 1 N–H and O–H groups in total. The molecule has 0 saturated carbocycles. The summed E-state index contributed by atoms with van der Waals surface area (Å²) < 4.78 is 6.05. The van der Waals surface area contributed by atoms with Gasteiger partial charge in [-0.25, -0.2) is 0 Å². The number of benzene rings is 1. The van der Waals surface area contributed by atoms with E-state index in [9.17, 15) is 0 Å². The molecule has 0 aromatic heterocycles. The van der Waals surface area contributed by atoms with Gasteiger partial charge in [0.1, 0.15) is 5.75 Å². The lowest BCUT2D eigenvalue weighted by Crippen LogP contribution is -2.39. The minimum Gasteiger partial charge on any atom is -0.493 e. The van der Waals surface area contributed by atoms with Crippen LogP contribution in [0.4, 0.5) is 5.69 Å². The van der Waals surface area contributed by atoms with Crippen molar-refractivity contribution in [2.45, 2.75) is 45.6 Å². The number of fused-ring (bicyclic) bond motifs is 1. The van der Waals surface area contributed by atoms with Gasteiger partial charge in [0.05, 0.1) is 6.61 Å². The van der Waals surface area contributed by atoms with Crippen LogP contribution in [0.15, 0.2) is 18.2 Å². The number of hydrogen-bond acceptors (Lipinski definition) is 3. The summed E-state index contributed by atoms with van der Waals surface area (Å²) in [4.78, 5) is 2.57. The standard InChI is InChI=1S/C18H28N2O/c1-14(2)20-10-7-15(8-11-20)13-21-17-6-5-16-4-3-9-19-18(16)12-17/h5-6,12,14-15,19H,3-4,7-11,13H2,1-2H3. The summed E-state index contributed by atoms with van der Waals surface area (Å²) in [5, 5.41) is 3.47. The Morgan fingerprint density at radius 3 is 2.86 bits per heavy atom. The Labute approximate surface area is 128 Å². The fourth-order valence-corrected chi connectivity index (χ4v) is 3.38. The van der Waals surface area contributed by atoms with E-state index in [2.05, 4.69) is 42.3 Å². The Kier molecular flexibility index (Phi) is 4.69. The summed E-state index contributed by atoms with van der Waals surface area (Å²) in [5.41, 5.74) is 2.70. The lowest BCUT2D eigenvalue weighted by atomic mass is 9.97. The van der Waals surface area contributed by atoms with Gasteiger partial charge in [-0.3, -0.25) is 0 Å². The molecule has 1 aromatic rings. The second-order valence-electron chi connectivity index (χ2n) is 6.73. The molecule has 0 atom stereocenters. The van der Waals surface area contributed by atoms with E-state index < -0.39 is 0 Å². The van der Waals surface area contributed by atoms with Gasteiger partial charge < -0.3 is 15.0 Å². The van der Waals surface area contributed by atoms with Crippen LogP contribution in [0, 0.1) is 5.92 Å². The molecule has 1 aromatic carbocycles. The molecule has 2 heterocycles. The molecular weight excluding hydrogens is 260 g/mol. The Morgan fingerprint density at radius 2 is 2.10 bits per heavy atom. The van der Waals surface area contributed by atoms with Crippen molar-refractivity contribution >= 4 is 5.69 Å². The van der Waals surface area contributed by atoms with Crippen LogP contribution in [-0.2, 0) is 6.42 Å². The smallest absolute Gasteiger partial charge is 0.121 e. The number of piperidine rings is 1. The SMILES string of the molecule is CC(C)N1CCC(COc2ccc3c(c2)NCCC3)CC1. The number of likely N-dealkylation sites (tertiary alicyclic amines) is 1. The van der Waals surface area contributed by atoms with Crippen LogP contribution >= 0.6 is 0 Å². The van der Waals surface area contributed by atoms with Crippen molar-refractivity contribution in [3.05, 3.63) is 23.8 Å². The van der Waals surface area contributed by atoms with Gasteiger partial charge in [0, 0.05) is 24.3 Å². The first-order valence-corrected chi connectivity index (χ1v) is 8.46. The van der Waals surface area contributed by atoms with E-state index in [1.54, 1.807) is 0 Å². The van der Waals surface area contributed by atoms with E-state index in [1.165, 1.54) is 50.0 Å². The lowest BCUT2D eigenvalue weighted by Gasteiger charge is -2.34. The molecule has 0 bridgehead atoms. The fourth-order valence-electron chi connectivity index (χ4n) is 3.38. The summed E-state index contributed by atoms with van der Waals surface area (Å²) in [6, 6.07) is 7.21. The number of ether oxygens (including phenoxy) is 1. The van der Waals surface area contributed by atoms with E-state index in [0.717, 1.165) is 18.9 Å². The maximum atomic E-state index is 6.05. The second-order valence-corrected chi connectivity index (χ2v) is 6.73. The zero-order valence-corrected chi connectivity index (χ0v) is 13.4. The van der Waals surface area contributed by atoms with Crippen LogP contribution in [0.2, 0.25) is 0 Å². The quantitative estimate of drug-likeness (QED) is 0.917. The Balaban J connectivity index is 1.49. The van der Waals surface area contributed by atoms with Crippen molar-refractivity contribution < 1.29 is 4.74 Å². The Bertz CT molecular complexity index is 464. The van der Waals surface area contributed by atoms with Crippen molar-refractivity contribution in [3.8, 4) is 5.75 Å². The summed E-state index contributed by atoms with van der Waals surface area (Å²) >= 11 is 0. The van der Waals surface area contributed by atoms with Crippen molar-refractivity contribution in [2.75, 3.05) is 31.6 Å². The van der Waals surface area contributed by atoms with Crippen LogP contribution in [0.3, 0.4) is 0 Å². The van der Waals surface area contributed by atoms with Crippen molar-refractivity contribution in [1.82, 2.24) is 4.90 Å². The second kappa shape index (κ2) is 6.69. The van der Waals surface area contributed by atoms with Crippen LogP contribution in [-0.4, -0.2) is 37.2 Å². The molecule has 2 aliphatic heterocycles. The number of nitrogens with one attached hydrogen (secondary N) is 1. The van der Waals surface area contributed by atoms with Crippen LogP contribution in [0.5, 0.6) is 5.75 Å². The zero-order valence-electron chi connectivity index (χ0n) is 13.4. The number of nitrogens with zero attached hydrogens (tertiary/aromatic N) is 1. The molecule has 116 valence electrons. The van der Waals surface area contributed by atoms with Gasteiger partial charge in [0.2, 0.25) is 0 Å². The Hall–Kier alpha value is -1.22. The van der Waals surface area contributed by atoms with Crippen LogP contribution < -0.4 is 10.1 Å². The van der Waals surface area contributed by atoms with E-state index >= 15 is 0 Å². The average Bonchev–Trinajstić information content (AvgIpc) is 2.53. The van der Waals surface area contributed by atoms with Gasteiger partial charge >= 0.3 is 0 Å². The largest absolute Gasteiger partial charge is 0.493 e. The molecule has 1 fully saturated rings. The molecular formula is C18H28N2O. The molecule has 3 nitrogen and oxygen atoms in total. The molecule has 0 radical (unpaired) electrons.